The van der Waals surface area contributed by atoms with Crippen LogP contribution in [-0.4, -0.2) is 24.0 Å². The van der Waals surface area contributed by atoms with Crippen LogP contribution >= 0.6 is 11.8 Å². The van der Waals surface area contributed by atoms with E-state index in [0.29, 0.717) is 39.9 Å². The van der Waals surface area contributed by atoms with Gasteiger partial charge in [0.2, 0.25) is 5.91 Å². The number of nitrogens with two attached hydrogens (primary N) is 1. The molecule has 8 heteroatoms. The van der Waals surface area contributed by atoms with E-state index in [9.17, 15) is 19.7 Å². The van der Waals surface area contributed by atoms with Gasteiger partial charge in [-0.2, -0.15) is 10.5 Å². The van der Waals surface area contributed by atoms with Crippen LogP contribution in [0.2, 0.25) is 0 Å². The van der Waals surface area contributed by atoms with Crippen LogP contribution in [-0.2, 0) is 11.2 Å². The van der Waals surface area contributed by atoms with E-state index in [2.05, 4.69) is 28.9 Å². The fraction of sp³-hybridized carbons (Fsp3) is 0.364. The SMILES string of the molecule is CCc1c(C#N)c(S[C@@H](C(N)=O)c2ccc(F)cc2)nc(N2CC[C@H](C)C2)c1C#N. The minimum Gasteiger partial charge on any atom is -0.368 e. The van der Waals surface area contributed by atoms with Crippen LogP contribution in [0.5, 0.6) is 0 Å². The molecular weight excluding hydrogens is 401 g/mol. The summed E-state index contributed by atoms with van der Waals surface area (Å²) in [5.74, 6) is -0.00813. The highest BCUT2D eigenvalue weighted by Crippen LogP contribution is 2.40. The highest BCUT2D eigenvalue weighted by Gasteiger charge is 2.29. The Morgan fingerprint density at radius 3 is 2.50 bits per heavy atom. The number of anilines is 1. The van der Waals surface area contributed by atoms with E-state index < -0.39 is 17.0 Å². The normalized spacial score (nSPS) is 16.7. The number of nitrogens with zero attached hydrogens (tertiary/aromatic N) is 4. The molecule has 154 valence electrons. The van der Waals surface area contributed by atoms with Gasteiger partial charge < -0.3 is 10.6 Å². The average Bonchev–Trinajstić information content (AvgIpc) is 3.17. The van der Waals surface area contributed by atoms with Gasteiger partial charge in [0.1, 0.15) is 34.0 Å². The summed E-state index contributed by atoms with van der Waals surface area (Å²) in [6, 6.07) is 9.90. The maximum Gasteiger partial charge on any atom is 0.235 e. The second-order valence-electron chi connectivity index (χ2n) is 7.34. The molecule has 0 saturated carbocycles. The number of thioether (sulfide) groups is 1. The van der Waals surface area contributed by atoms with Crippen molar-refractivity contribution in [1.82, 2.24) is 4.98 Å². The maximum atomic E-state index is 13.3. The van der Waals surface area contributed by atoms with Gasteiger partial charge in [0.05, 0.1) is 11.1 Å². The van der Waals surface area contributed by atoms with E-state index in [-0.39, 0.29) is 5.56 Å². The number of nitriles is 2. The highest BCUT2D eigenvalue weighted by atomic mass is 32.2. The molecular formula is C22H22FN5OS. The monoisotopic (exact) mass is 423 g/mol. The van der Waals surface area contributed by atoms with Crippen molar-refractivity contribution in [1.29, 1.82) is 10.5 Å². The molecule has 2 aromatic rings. The summed E-state index contributed by atoms with van der Waals surface area (Å²) < 4.78 is 13.3. The molecule has 6 nitrogen and oxygen atoms in total. The lowest BCUT2D eigenvalue weighted by Crippen LogP contribution is -2.23. The summed E-state index contributed by atoms with van der Waals surface area (Å²) in [5, 5.41) is 19.1. The number of amides is 1. The van der Waals surface area contributed by atoms with E-state index in [1.165, 1.54) is 24.3 Å². The summed E-state index contributed by atoms with van der Waals surface area (Å²) in [4.78, 5) is 18.9. The van der Waals surface area contributed by atoms with Gasteiger partial charge in [-0.25, -0.2) is 9.37 Å². The zero-order chi connectivity index (χ0) is 21.8. The van der Waals surface area contributed by atoms with Crippen LogP contribution in [0, 0.1) is 34.4 Å². The fourth-order valence-corrected chi connectivity index (χ4v) is 4.72. The first kappa shape index (κ1) is 21.6. The van der Waals surface area contributed by atoms with E-state index in [0.717, 1.165) is 31.3 Å². The van der Waals surface area contributed by atoms with Crippen LogP contribution in [0.1, 0.15) is 47.8 Å². The lowest BCUT2D eigenvalue weighted by Gasteiger charge is -2.23. The molecule has 1 aromatic heterocycles. The van der Waals surface area contributed by atoms with E-state index in [4.69, 9.17) is 5.73 Å². The number of rotatable bonds is 6. The molecule has 0 radical (unpaired) electrons. The van der Waals surface area contributed by atoms with Gasteiger partial charge in [-0.15, -0.1) is 0 Å². The van der Waals surface area contributed by atoms with E-state index in [1.807, 2.05) is 6.92 Å². The van der Waals surface area contributed by atoms with Crippen molar-refractivity contribution in [3.05, 3.63) is 52.3 Å². The van der Waals surface area contributed by atoms with E-state index in [1.54, 1.807) is 0 Å². The largest absolute Gasteiger partial charge is 0.368 e. The number of benzene rings is 1. The first-order valence-corrected chi connectivity index (χ1v) is 10.6. The first-order valence-electron chi connectivity index (χ1n) is 9.73. The highest BCUT2D eigenvalue weighted by molar-refractivity contribution is 8.00. The Morgan fingerprint density at radius 2 is 2.00 bits per heavy atom. The summed E-state index contributed by atoms with van der Waals surface area (Å²) in [5.41, 5.74) is 7.46. The van der Waals surface area contributed by atoms with Crippen LogP contribution in [0.15, 0.2) is 29.3 Å². The lowest BCUT2D eigenvalue weighted by molar-refractivity contribution is -0.117. The van der Waals surface area contributed by atoms with Crippen molar-refractivity contribution in [2.75, 3.05) is 18.0 Å². The quantitative estimate of drug-likeness (QED) is 0.710. The molecule has 0 bridgehead atoms. The number of aromatic nitrogens is 1. The van der Waals surface area contributed by atoms with Crippen LogP contribution in [0.3, 0.4) is 0 Å². The van der Waals surface area contributed by atoms with Crippen LogP contribution in [0.25, 0.3) is 0 Å². The summed E-state index contributed by atoms with van der Waals surface area (Å²) in [6.07, 6.45) is 1.48. The molecule has 0 unspecified atom stereocenters. The summed E-state index contributed by atoms with van der Waals surface area (Å²) in [6.45, 7) is 5.58. The molecule has 2 N–H and O–H groups in total. The molecule has 2 heterocycles. The molecule has 1 fully saturated rings. The van der Waals surface area contributed by atoms with Crippen molar-refractivity contribution in [2.45, 2.75) is 37.0 Å². The Hall–Kier alpha value is -3.10. The Morgan fingerprint density at radius 1 is 1.33 bits per heavy atom. The number of hydrogen-bond acceptors (Lipinski definition) is 6. The van der Waals surface area contributed by atoms with Crippen molar-refractivity contribution < 1.29 is 9.18 Å². The van der Waals surface area contributed by atoms with Crippen molar-refractivity contribution in [3.63, 3.8) is 0 Å². The van der Waals surface area contributed by atoms with Crippen LogP contribution < -0.4 is 10.6 Å². The van der Waals surface area contributed by atoms with Gasteiger partial charge in [-0.1, -0.05) is 37.7 Å². The Labute approximate surface area is 179 Å². The Balaban J connectivity index is 2.12. The van der Waals surface area contributed by atoms with Gasteiger partial charge >= 0.3 is 0 Å². The minimum absolute atomic E-state index is 0.281. The van der Waals surface area contributed by atoms with Gasteiger partial charge in [-0.3, -0.25) is 4.79 Å². The van der Waals surface area contributed by atoms with Crippen LogP contribution in [0.4, 0.5) is 10.2 Å². The second kappa shape index (κ2) is 9.15. The molecule has 1 saturated heterocycles. The molecule has 3 rings (SSSR count). The molecule has 0 aliphatic carbocycles. The fourth-order valence-electron chi connectivity index (χ4n) is 3.66. The molecule has 30 heavy (non-hydrogen) atoms. The second-order valence-corrected chi connectivity index (χ2v) is 8.43. The maximum absolute atomic E-state index is 13.3. The molecule has 2 atom stereocenters. The van der Waals surface area contributed by atoms with Crippen molar-refractivity contribution in [3.8, 4) is 12.1 Å². The number of carbonyl (C=O) groups is 1. The first-order chi connectivity index (χ1) is 14.4. The predicted octanol–water partition coefficient (Wildman–Crippen LogP) is 3.69. The van der Waals surface area contributed by atoms with Gasteiger partial charge in [0, 0.05) is 13.1 Å². The number of primary amides is 1. The van der Waals surface area contributed by atoms with E-state index >= 15 is 0 Å². The number of carbonyl (C=O) groups excluding carboxylic acids is 1. The lowest BCUT2D eigenvalue weighted by atomic mass is 10.0. The van der Waals surface area contributed by atoms with Gasteiger partial charge in [0.25, 0.3) is 0 Å². The third-order valence-electron chi connectivity index (χ3n) is 5.21. The standard InChI is InChI=1S/C22H22FN5OS/c1-3-16-17(10-24)21(28-9-8-13(2)12-28)27-22(18(16)11-25)30-19(20(26)29)14-4-6-15(23)7-5-14/h4-7,13,19H,3,8-9,12H2,1-2H3,(H2,26,29)/t13-,19+/m0/s1. The number of halogens is 1. The Bertz CT molecular complexity index is 1040. The smallest absolute Gasteiger partial charge is 0.235 e. The van der Waals surface area contributed by atoms with Crippen molar-refractivity contribution >= 4 is 23.5 Å². The topological polar surface area (TPSA) is 107 Å². The van der Waals surface area contributed by atoms with Crippen molar-refractivity contribution in [2.24, 2.45) is 11.7 Å². The zero-order valence-corrected chi connectivity index (χ0v) is 17.7. The Kier molecular flexibility index (Phi) is 6.59. The predicted molar refractivity (Wildman–Crippen MR) is 113 cm³/mol. The number of hydrogen-bond donors (Lipinski definition) is 1. The molecule has 1 amide bonds. The average molecular weight is 424 g/mol. The summed E-state index contributed by atoms with van der Waals surface area (Å²) >= 11 is 1.06. The number of pyridine rings is 1. The summed E-state index contributed by atoms with van der Waals surface area (Å²) in [7, 11) is 0. The molecule has 1 aliphatic heterocycles. The zero-order valence-electron chi connectivity index (χ0n) is 16.9. The molecule has 1 aliphatic rings. The third kappa shape index (κ3) is 4.24. The van der Waals surface area contributed by atoms with Gasteiger partial charge in [0.15, 0.2) is 0 Å². The minimum atomic E-state index is -0.840. The third-order valence-corrected chi connectivity index (χ3v) is 6.47. The molecule has 1 aromatic carbocycles. The van der Waals surface area contributed by atoms with Gasteiger partial charge in [-0.05, 0) is 42.0 Å². The molecule has 0 spiro atoms.